The third kappa shape index (κ3) is 3.75. The van der Waals surface area contributed by atoms with Crippen LogP contribution in [0.15, 0.2) is 24.3 Å². The second kappa shape index (κ2) is 8.75. The number of amides is 1. The lowest BCUT2D eigenvalue weighted by molar-refractivity contribution is -0.142. The summed E-state index contributed by atoms with van der Waals surface area (Å²) in [4.78, 5) is 25.5. The van der Waals surface area contributed by atoms with Crippen LogP contribution < -0.4 is 10.6 Å². The summed E-state index contributed by atoms with van der Waals surface area (Å²) >= 11 is 0. The topological polar surface area (TPSA) is 79.4 Å². The minimum atomic E-state index is -0.757. The quantitative estimate of drug-likeness (QED) is 0.763. The van der Waals surface area contributed by atoms with E-state index in [1.54, 1.807) is 6.07 Å². The Balaban J connectivity index is 1.47. The SMILES string of the molecule is CNc1nc([C@@H]2CCCN2)nc2c1CCN(C(=O)C1(c3cccc(F)c3)CCOCC1)C2. The van der Waals surface area contributed by atoms with Crippen LogP contribution in [0.2, 0.25) is 0 Å². The van der Waals surface area contributed by atoms with Gasteiger partial charge in [-0.2, -0.15) is 0 Å². The van der Waals surface area contributed by atoms with Crippen LogP contribution in [-0.4, -0.2) is 54.1 Å². The highest BCUT2D eigenvalue weighted by Gasteiger charge is 2.45. The number of carbonyl (C=O) groups is 1. The molecule has 0 saturated carbocycles. The molecule has 1 amide bonds. The van der Waals surface area contributed by atoms with Crippen LogP contribution in [0.25, 0.3) is 0 Å². The highest BCUT2D eigenvalue weighted by Crippen LogP contribution is 2.38. The molecular weight excluding hydrogens is 409 g/mol. The zero-order valence-corrected chi connectivity index (χ0v) is 18.5. The van der Waals surface area contributed by atoms with Gasteiger partial charge in [-0.15, -0.1) is 0 Å². The Labute approximate surface area is 187 Å². The van der Waals surface area contributed by atoms with Crippen molar-refractivity contribution >= 4 is 11.7 Å². The number of nitrogens with one attached hydrogen (secondary N) is 2. The largest absolute Gasteiger partial charge is 0.381 e. The molecule has 1 aromatic heterocycles. The van der Waals surface area contributed by atoms with Gasteiger partial charge in [-0.25, -0.2) is 14.4 Å². The third-order valence-electron chi connectivity index (χ3n) is 7.11. The van der Waals surface area contributed by atoms with Gasteiger partial charge in [0.15, 0.2) is 0 Å². The summed E-state index contributed by atoms with van der Waals surface area (Å²) in [6.45, 7) is 3.02. The molecule has 0 bridgehead atoms. The second-order valence-electron chi connectivity index (χ2n) is 8.94. The number of hydrogen-bond donors (Lipinski definition) is 2. The van der Waals surface area contributed by atoms with E-state index in [0.29, 0.717) is 45.6 Å². The van der Waals surface area contributed by atoms with Crippen molar-refractivity contribution in [1.82, 2.24) is 20.2 Å². The molecule has 32 heavy (non-hydrogen) atoms. The Hall–Kier alpha value is -2.58. The molecule has 4 heterocycles. The number of carbonyl (C=O) groups excluding carboxylic acids is 1. The zero-order chi connectivity index (χ0) is 22.1. The lowest BCUT2D eigenvalue weighted by Crippen LogP contribution is -2.51. The van der Waals surface area contributed by atoms with Gasteiger partial charge in [0.05, 0.1) is 23.7 Å². The number of aromatic nitrogens is 2. The maximum absolute atomic E-state index is 14.1. The average Bonchev–Trinajstić information content (AvgIpc) is 3.38. The molecule has 7 nitrogen and oxygen atoms in total. The van der Waals surface area contributed by atoms with Crippen LogP contribution in [0, 0.1) is 5.82 Å². The number of hydrogen-bond acceptors (Lipinski definition) is 6. The van der Waals surface area contributed by atoms with E-state index in [1.807, 2.05) is 18.0 Å². The van der Waals surface area contributed by atoms with E-state index < -0.39 is 5.41 Å². The Bertz CT molecular complexity index is 1000. The Morgan fingerprint density at radius 2 is 2.16 bits per heavy atom. The molecule has 0 unspecified atom stereocenters. The predicted molar refractivity (Wildman–Crippen MR) is 119 cm³/mol. The number of fused-ring (bicyclic) bond motifs is 1. The summed E-state index contributed by atoms with van der Waals surface area (Å²) < 4.78 is 19.7. The average molecular weight is 440 g/mol. The van der Waals surface area contributed by atoms with Crippen molar-refractivity contribution in [2.75, 3.05) is 38.7 Å². The molecule has 0 radical (unpaired) electrons. The normalized spacial score (nSPS) is 22.4. The molecule has 2 aromatic rings. The first-order chi connectivity index (χ1) is 15.6. The fraction of sp³-hybridized carbons (Fsp3) is 0.542. The molecule has 5 rings (SSSR count). The molecular formula is C24H30FN5O2. The van der Waals surface area contributed by atoms with Crippen molar-refractivity contribution in [1.29, 1.82) is 0 Å². The molecule has 3 aliphatic heterocycles. The minimum Gasteiger partial charge on any atom is -0.381 e. The predicted octanol–water partition coefficient (Wildman–Crippen LogP) is 2.72. The van der Waals surface area contributed by atoms with Gasteiger partial charge >= 0.3 is 0 Å². The standard InChI is InChI=1S/C24H30FN5O2/c1-26-21-18-7-11-30(15-20(18)28-22(29-21)19-6-3-10-27-19)23(31)24(8-12-32-13-9-24)16-4-2-5-17(25)14-16/h2,4-5,14,19,27H,3,6-13,15H2,1H3,(H,26,28,29)/t19-/m0/s1. The maximum atomic E-state index is 14.1. The monoisotopic (exact) mass is 439 g/mol. The van der Waals surface area contributed by atoms with E-state index in [1.165, 1.54) is 12.1 Å². The van der Waals surface area contributed by atoms with Crippen LogP contribution >= 0.6 is 0 Å². The third-order valence-corrected chi connectivity index (χ3v) is 7.11. The van der Waals surface area contributed by atoms with Gasteiger partial charge in [0.25, 0.3) is 0 Å². The van der Waals surface area contributed by atoms with Gasteiger partial charge < -0.3 is 20.3 Å². The Morgan fingerprint density at radius 3 is 2.88 bits per heavy atom. The highest BCUT2D eigenvalue weighted by atomic mass is 19.1. The lowest BCUT2D eigenvalue weighted by Gasteiger charge is -2.41. The molecule has 2 N–H and O–H groups in total. The number of rotatable bonds is 4. The van der Waals surface area contributed by atoms with Gasteiger partial charge in [-0.1, -0.05) is 12.1 Å². The van der Waals surface area contributed by atoms with Crippen LogP contribution in [0.3, 0.4) is 0 Å². The molecule has 0 aliphatic carbocycles. The summed E-state index contributed by atoms with van der Waals surface area (Å²) in [5.41, 5.74) is 1.98. The Morgan fingerprint density at radius 1 is 1.31 bits per heavy atom. The molecule has 8 heteroatoms. The van der Waals surface area contributed by atoms with Crippen LogP contribution in [0.5, 0.6) is 0 Å². The number of anilines is 1. The first kappa shape index (κ1) is 21.3. The van der Waals surface area contributed by atoms with Crippen molar-refractivity contribution < 1.29 is 13.9 Å². The molecule has 1 aromatic carbocycles. The smallest absolute Gasteiger partial charge is 0.233 e. The lowest BCUT2D eigenvalue weighted by atomic mass is 9.72. The summed E-state index contributed by atoms with van der Waals surface area (Å²) in [6.07, 6.45) is 3.95. The molecule has 0 spiro atoms. The van der Waals surface area contributed by atoms with Gasteiger partial charge in [0.1, 0.15) is 17.5 Å². The van der Waals surface area contributed by atoms with Gasteiger partial charge in [0, 0.05) is 32.4 Å². The summed E-state index contributed by atoms with van der Waals surface area (Å²) in [7, 11) is 1.88. The van der Waals surface area contributed by atoms with E-state index in [9.17, 15) is 9.18 Å². The summed E-state index contributed by atoms with van der Waals surface area (Å²) in [6, 6.07) is 6.65. The molecule has 1 atom stereocenters. The summed E-state index contributed by atoms with van der Waals surface area (Å²) in [5.74, 6) is 1.38. The van der Waals surface area contributed by atoms with Crippen molar-refractivity contribution in [3.05, 3.63) is 52.7 Å². The first-order valence-electron chi connectivity index (χ1n) is 11.5. The van der Waals surface area contributed by atoms with Gasteiger partial charge in [0.2, 0.25) is 5.91 Å². The van der Waals surface area contributed by atoms with Crippen molar-refractivity contribution in [3.8, 4) is 0 Å². The van der Waals surface area contributed by atoms with E-state index >= 15 is 0 Å². The summed E-state index contributed by atoms with van der Waals surface area (Å²) in [5, 5.41) is 6.69. The number of ether oxygens (including phenoxy) is 1. The van der Waals surface area contributed by atoms with Crippen LogP contribution in [0.1, 0.15) is 54.4 Å². The molecule has 170 valence electrons. The fourth-order valence-electron chi connectivity index (χ4n) is 5.33. The minimum absolute atomic E-state index is 0.0437. The molecule has 2 fully saturated rings. The van der Waals surface area contributed by atoms with Crippen molar-refractivity contribution in [3.63, 3.8) is 0 Å². The van der Waals surface area contributed by atoms with E-state index in [4.69, 9.17) is 14.7 Å². The first-order valence-corrected chi connectivity index (χ1v) is 11.5. The van der Waals surface area contributed by atoms with Gasteiger partial charge in [-0.3, -0.25) is 4.79 Å². The van der Waals surface area contributed by atoms with Crippen molar-refractivity contribution in [2.24, 2.45) is 0 Å². The van der Waals surface area contributed by atoms with Crippen LogP contribution in [0.4, 0.5) is 10.2 Å². The van der Waals surface area contributed by atoms with Crippen molar-refractivity contribution in [2.45, 2.75) is 50.1 Å². The van der Waals surface area contributed by atoms with Crippen LogP contribution in [-0.2, 0) is 27.9 Å². The number of benzene rings is 1. The maximum Gasteiger partial charge on any atom is 0.233 e. The molecule has 3 aliphatic rings. The van der Waals surface area contributed by atoms with E-state index in [-0.39, 0.29) is 17.8 Å². The van der Waals surface area contributed by atoms with E-state index in [0.717, 1.165) is 47.8 Å². The highest BCUT2D eigenvalue weighted by molar-refractivity contribution is 5.88. The molecule has 2 saturated heterocycles. The second-order valence-corrected chi connectivity index (χ2v) is 8.94. The number of nitrogens with zero attached hydrogens (tertiary/aromatic N) is 3. The number of halogens is 1. The van der Waals surface area contributed by atoms with Gasteiger partial charge in [-0.05, 0) is 56.3 Å². The fourth-order valence-corrected chi connectivity index (χ4v) is 5.33. The Kier molecular flexibility index (Phi) is 5.82. The zero-order valence-electron chi connectivity index (χ0n) is 18.5. The van der Waals surface area contributed by atoms with E-state index in [2.05, 4.69) is 10.6 Å².